The van der Waals surface area contributed by atoms with Gasteiger partial charge in [0.15, 0.2) is 21.3 Å². The maximum absolute atomic E-state index is 13.4. The van der Waals surface area contributed by atoms with Gasteiger partial charge in [-0.2, -0.15) is 5.10 Å². The number of aromatic nitrogens is 3. The highest BCUT2D eigenvalue weighted by Crippen LogP contribution is 2.28. The molecular formula is C31H40N6O7S. The van der Waals surface area contributed by atoms with Crippen LogP contribution in [0.3, 0.4) is 0 Å². The first kappa shape index (κ1) is 33.4. The highest BCUT2D eigenvalue weighted by atomic mass is 32.2. The van der Waals surface area contributed by atoms with Gasteiger partial charge in [-0.05, 0) is 49.6 Å². The number of benzene rings is 2. The SMILES string of the molecule is COc1ccc2cc1OCCn1nc(C)nc1[C@H](C(C)C)NC(=O)CN(C(=O)CCS(=O)(=O)c1ccccc1)CCCNC2=O. The van der Waals surface area contributed by atoms with E-state index in [1.54, 1.807) is 48.0 Å². The van der Waals surface area contributed by atoms with E-state index in [1.165, 1.54) is 24.1 Å². The molecule has 1 aliphatic rings. The van der Waals surface area contributed by atoms with Crippen LogP contribution >= 0.6 is 0 Å². The lowest BCUT2D eigenvalue weighted by atomic mass is 10.0. The van der Waals surface area contributed by atoms with E-state index in [9.17, 15) is 22.8 Å². The Balaban J connectivity index is 1.59. The highest BCUT2D eigenvalue weighted by Gasteiger charge is 2.27. The summed E-state index contributed by atoms with van der Waals surface area (Å²) in [5, 5.41) is 10.3. The Morgan fingerprint density at radius 3 is 2.60 bits per heavy atom. The average Bonchev–Trinajstić information content (AvgIpc) is 3.39. The van der Waals surface area contributed by atoms with Crippen LogP contribution in [0.5, 0.6) is 11.5 Å². The van der Waals surface area contributed by atoms with Gasteiger partial charge in [0.25, 0.3) is 5.91 Å². The van der Waals surface area contributed by atoms with E-state index in [1.807, 2.05) is 13.8 Å². The second-order valence-corrected chi connectivity index (χ2v) is 13.2. The van der Waals surface area contributed by atoms with Gasteiger partial charge in [-0.3, -0.25) is 14.4 Å². The first-order chi connectivity index (χ1) is 21.5. The number of amides is 3. The summed E-state index contributed by atoms with van der Waals surface area (Å²) >= 11 is 0. The van der Waals surface area contributed by atoms with E-state index in [-0.39, 0.29) is 49.4 Å². The summed E-state index contributed by atoms with van der Waals surface area (Å²) in [4.78, 5) is 45.7. The van der Waals surface area contributed by atoms with Crippen LogP contribution < -0.4 is 20.1 Å². The van der Waals surface area contributed by atoms with Crippen molar-refractivity contribution in [3.63, 3.8) is 0 Å². The largest absolute Gasteiger partial charge is 0.493 e. The van der Waals surface area contributed by atoms with Crippen LogP contribution in [0.2, 0.25) is 0 Å². The smallest absolute Gasteiger partial charge is 0.251 e. The fourth-order valence-electron chi connectivity index (χ4n) is 4.95. The monoisotopic (exact) mass is 640 g/mol. The molecule has 2 aromatic carbocycles. The van der Waals surface area contributed by atoms with Gasteiger partial charge in [-0.15, -0.1) is 0 Å². The zero-order chi connectivity index (χ0) is 32.6. The van der Waals surface area contributed by atoms with Gasteiger partial charge in [-0.25, -0.2) is 18.1 Å². The first-order valence-electron chi connectivity index (χ1n) is 14.8. The predicted octanol–water partition coefficient (Wildman–Crippen LogP) is 2.31. The Labute approximate surface area is 263 Å². The van der Waals surface area contributed by atoms with Crippen LogP contribution in [0.25, 0.3) is 0 Å². The lowest BCUT2D eigenvalue weighted by molar-refractivity contribution is -0.136. The number of nitrogens with one attached hydrogen (secondary N) is 2. The summed E-state index contributed by atoms with van der Waals surface area (Å²) in [5.74, 6) is 0.174. The lowest BCUT2D eigenvalue weighted by Gasteiger charge is -2.26. The minimum absolute atomic E-state index is 0.0741. The van der Waals surface area contributed by atoms with Gasteiger partial charge < -0.3 is 25.0 Å². The Hall–Kier alpha value is -4.46. The molecule has 13 nitrogen and oxygen atoms in total. The van der Waals surface area contributed by atoms with Crippen LogP contribution in [-0.4, -0.2) is 84.9 Å². The number of ether oxygens (including phenoxy) is 2. The number of sulfone groups is 1. The molecule has 45 heavy (non-hydrogen) atoms. The molecule has 1 atom stereocenters. The fraction of sp³-hybridized carbons (Fsp3) is 0.452. The molecule has 2 bridgehead atoms. The number of hydrogen-bond acceptors (Lipinski definition) is 9. The number of aryl methyl sites for hydroxylation is 1. The number of methoxy groups -OCH3 is 1. The molecule has 1 aliphatic heterocycles. The molecule has 3 aromatic rings. The van der Waals surface area contributed by atoms with Crippen molar-refractivity contribution in [1.82, 2.24) is 30.3 Å². The predicted molar refractivity (Wildman–Crippen MR) is 166 cm³/mol. The molecule has 0 saturated carbocycles. The molecule has 242 valence electrons. The summed E-state index contributed by atoms with van der Waals surface area (Å²) < 4.78 is 38.7. The summed E-state index contributed by atoms with van der Waals surface area (Å²) in [6.07, 6.45) is 0.0312. The van der Waals surface area contributed by atoms with Crippen LogP contribution in [0.15, 0.2) is 53.4 Å². The van der Waals surface area contributed by atoms with Crippen LogP contribution in [0.4, 0.5) is 0 Å². The molecule has 14 heteroatoms. The molecule has 0 aliphatic carbocycles. The standard InChI is InChI=1S/C31H40N6O7S/c1-21(2)29-30-33-22(3)35-37(30)16-17-44-26-19-23(11-12-25(26)43-4)31(40)32-14-8-15-36(20-27(38)34-29)28(39)13-18-45(41,42)24-9-6-5-7-10-24/h5-7,9-12,19,21,29H,8,13-18,20H2,1-4H3,(H,32,40)(H,34,38)/t29-/m0/s1. The van der Waals surface area contributed by atoms with Crippen molar-refractivity contribution in [2.45, 2.75) is 51.1 Å². The summed E-state index contributed by atoms with van der Waals surface area (Å²) in [6.45, 7) is 6.17. The molecule has 4 rings (SSSR count). The van der Waals surface area contributed by atoms with Gasteiger partial charge >= 0.3 is 0 Å². The van der Waals surface area contributed by atoms with E-state index < -0.39 is 33.4 Å². The minimum atomic E-state index is -3.70. The van der Waals surface area contributed by atoms with Crippen molar-refractivity contribution in [2.75, 3.05) is 39.1 Å². The van der Waals surface area contributed by atoms with E-state index in [4.69, 9.17) is 9.47 Å². The van der Waals surface area contributed by atoms with Crippen LogP contribution in [0, 0.1) is 12.8 Å². The third-order valence-corrected chi connectivity index (χ3v) is 9.05. The maximum Gasteiger partial charge on any atom is 0.251 e. The van der Waals surface area contributed by atoms with Gasteiger partial charge in [0.2, 0.25) is 11.8 Å². The molecular weight excluding hydrogens is 600 g/mol. The van der Waals surface area contributed by atoms with Gasteiger partial charge in [0.1, 0.15) is 18.3 Å². The molecule has 2 N–H and O–H groups in total. The molecule has 0 saturated heterocycles. The number of carbonyl (C=O) groups excluding carboxylic acids is 3. The Bertz CT molecular complexity index is 1610. The molecule has 1 aromatic heterocycles. The van der Waals surface area contributed by atoms with Gasteiger partial charge in [0, 0.05) is 25.1 Å². The molecule has 3 amide bonds. The Morgan fingerprint density at radius 2 is 1.89 bits per heavy atom. The quantitative estimate of drug-likeness (QED) is 0.412. The average molecular weight is 641 g/mol. The summed E-state index contributed by atoms with van der Waals surface area (Å²) in [5.41, 5.74) is 0.363. The van der Waals surface area contributed by atoms with Crippen molar-refractivity contribution in [1.29, 1.82) is 0 Å². The Morgan fingerprint density at radius 1 is 1.13 bits per heavy atom. The molecule has 0 spiro atoms. The number of nitrogens with zero attached hydrogens (tertiary/aromatic N) is 4. The van der Waals surface area contributed by atoms with E-state index in [0.717, 1.165) is 0 Å². The van der Waals surface area contributed by atoms with Crippen molar-refractivity contribution in [2.24, 2.45) is 5.92 Å². The number of fused-ring (bicyclic) bond motifs is 3. The molecule has 0 fully saturated rings. The van der Waals surface area contributed by atoms with Crippen molar-refractivity contribution >= 4 is 27.6 Å². The number of hydrogen-bond donors (Lipinski definition) is 2. The summed E-state index contributed by atoms with van der Waals surface area (Å²) in [6, 6.07) is 12.3. The van der Waals surface area contributed by atoms with Crippen molar-refractivity contribution < 1.29 is 32.3 Å². The maximum atomic E-state index is 13.4. The van der Waals surface area contributed by atoms with Crippen molar-refractivity contribution in [3.8, 4) is 11.5 Å². The minimum Gasteiger partial charge on any atom is -0.493 e. The van der Waals surface area contributed by atoms with E-state index >= 15 is 0 Å². The van der Waals surface area contributed by atoms with E-state index in [0.29, 0.717) is 41.7 Å². The normalized spacial score (nSPS) is 16.9. The van der Waals surface area contributed by atoms with Gasteiger partial charge in [-0.1, -0.05) is 32.0 Å². The van der Waals surface area contributed by atoms with Gasteiger partial charge in [0.05, 0.1) is 36.9 Å². The topological polar surface area (TPSA) is 162 Å². The third kappa shape index (κ3) is 8.81. The summed E-state index contributed by atoms with van der Waals surface area (Å²) in [7, 11) is -2.19. The number of carbonyl (C=O) groups is 3. The van der Waals surface area contributed by atoms with Crippen molar-refractivity contribution in [3.05, 3.63) is 65.7 Å². The molecule has 2 heterocycles. The second kappa shape index (κ2) is 15.0. The first-order valence-corrected chi connectivity index (χ1v) is 16.5. The molecule has 0 unspecified atom stereocenters. The zero-order valence-electron chi connectivity index (χ0n) is 26.0. The number of rotatable bonds is 6. The van der Waals surface area contributed by atoms with E-state index in [2.05, 4.69) is 20.7 Å². The van der Waals surface area contributed by atoms with Crippen LogP contribution in [-0.2, 0) is 26.0 Å². The van der Waals surface area contributed by atoms with Crippen LogP contribution in [0.1, 0.15) is 54.7 Å². The molecule has 0 radical (unpaired) electrons. The fourth-order valence-corrected chi connectivity index (χ4v) is 6.20. The highest BCUT2D eigenvalue weighted by molar-refractivity contribution is 7.91. The zero-order valence-corrected chi connectivity index (χ0v) is 26.8. The second-order valence-electron chi connectivity index (χ2n) is 11.1. The lowest BCUT2D eigenvalue weighted by Crippen LogP contribution is -2.44. The third-order valence-electron chi connectivity index (χ3n) is 7.32. The Kier molecular flexibility index (Phi) is 11.2.